The number of hydrogen-bond acceptors (Lipinski definition) is 37. The van der Waals surface area contributed by atoms with Gasteiger partial charge >= 0.3 is 15.6 Å². The van der Waals surface area contributed by atoms with Gasteiger partial charge in [-0.15, -0.1) is 11.8 Å². The Bertz CT molecular complexity index is 2570. The molecular weight excluding hydrogens is 1330 g/mol. The van der Waals surface area contributed by atoms with Crippen LogP contribution < -0.4 is 11.5 Å². The standard InChI is InChI=1S/C50H86N4O36P2S/c1-3-7-54-24(58)10-22(45(54)72)93-9-4-5-23(51)53-6-8-78-91(73,74)79-15-21-31(64)36(69)43(87-47-37(70)33(66)28(61)17(11-55)80-47)50(84-21)88-42-35(68)29(62)18(12-56)81-49(42)77-14-20-30(63)34(67)38(71)48(83-20)85-39-19(13-57)82-46(25(52)32(39)65)86-40-26(59)16(2)27(60)41-44(40)90-92(75,76)89-41/h16-22,25-44,46-50,55-57,59-71H,3-15,52H2,1-2H3,(H2,51,53)(H,73,74)(H,75,76). The second-order valence-corrected chi connectivity index (χ2v) is 27.6. The van der Waals surface area contributed by atoms with E-state index in [4.69, 9.17) is 76.9 Å². The molecule has 1 saturated carbocycles. The SMILES string of the molecule is CCCN1C(=O)CC(SCCCC(N)=NCCOP(=O)(O)OCC2OC(OC3C(OCC4OC(OC5C(CO)OC(OC6C(O)C(C)C(O)C7OP(=O)(O)OC67)C(N)C5O)C(O)C(O)C4O)OC(CO)C(O)C3O)C(OC3OC(CO)C(O)C(O)C3O)C(O)C2O)C1=O. The normalized spacial score (nSPS) is 47.4. The first kappa shape index (κ1) is 76.8. The first-order valence-electron chi connectivity index (χ1n) is 29.9. The van der Waals surface area contributed by atoms with Crippen molar-refractivity contribution in [2.45, 2.75) is 229 Å². The maximum absolute atomic E-state index is 13.1. The maximum Gasteiger partial charge on any atom is 0.473 e. The van der Waals surface area contributed by atoms with Crippen molar-refractivity contribution in [2.75, 3.05) is 58.5 Å². The van der Waals surface area contributed by atoms with Crippen LogP contribution in [0, 0.1) is 5.92 Å². The van der Waals surface area contributed by atoms with Gasteiger partial charge < -0.3 is 150 Å². The number of ether oxygens (including phenoxy) is 10. The van der Waals surface area contributed by atoms with Crippen LogP contribution in [-0.4, -0.2) is 362 Å². The van der Waals surface area contributed by atoms with Crippen LogP contribution in [-0.2, 0) is 84.2 Å². The third-order valence-electron chi connectivity index (χ3n) is 17.0. The fourth-order valence-electron chi connectivity index (χ4n) is 11.6. The fraction of sp³-hybridized carbons (Fsp3) is 0.940. The van der Waals surface area contributed by atoms with Crippen molar-refractivity contribution in [2.24, 2.45) is 22.4 Å². The summed E-state index contributed by atoms with van der Waals surface area (Å²) < 4.78 is 104. The Balaban J connectivity index is 0.927. The Morgan fingerprint density at radius 2 is 1.13 bits per heavy atom. The van der Waals surface area contributed by atoms with Crippen molar-refractivity contribution in [3.8, 4) is 0 Å². The largest absolute Gasteiger partial charge is 0.473 e. The number of amides is 2. The molecule has 22 N–H and O–H groups in total. The van der Waals surface area contributed by atoms with Gasteiger partial charge in [0.25, 0.3) is 0 Å². The summed E-state index contributed by atoms with van der Waals surface area (Å²) >= 11 is 1.31. The summed E-state index contributed by atoms with van der Waals surface area (Å²) in [7, 11) is -9.86. The number of imide groups is 1. The van der Waals surface area contributed by atoms with Gasteiger partial charge in [-0.2, -0.15) is 0 Å². The number of carbonyl (C=O) groups excluding carboxylic acids is 2. The average Bonchev–Trinajstić information content (AvgIpc) is 1.72. The second kappa shape index (κ2) is 33.1. The molecule has 43 heteroatoms. The molecule has 7 heterocycles. The highest BCUT2D eigenvalue weighted by Crippen LogP contribution is 2.57. The van der Waals surface area contributed by atoms with Crippen LogP contribution in [0.1, 0.15) is 39.5 Å². The van der Waals surface area contributed by atoms with E-state index in [-0.39, 0.29) is 37.0 Å². The number of fused-ring (bicyclic) bond motifs is 1. The second-order valence-electron chi connectivity index (χ2n) is 23.4. The van der Waals surface area contributed by atoms with Crippen molar-refractivity contribution >= 4 is 45.1 Å². The fourth-order valence-corrected chi connectivity index (χ4v) is 14.6. The molecule has 7 aliphatic heterocycles. The van der Waals surface area contributed by atoms with E-state index in [2.05, 4.69) is 4.99 Å². The molecule has 0 aromatic rings. The summed E-state index contributed by atoms with van der Waals surface area (Å²) in [5.41, 5.74) is 12.3. The number of aliphatic imine (C=N–C) groups is 1. The van der Waals surface area contributed by atoms with Crippen molar-refractivity contribution in [1.82, 2.24) is 4.90 Å². The number of likely N-dealkylation sites (tertiary alicyclic amines) is 1. The van der Waals surface area contributed by atoms with E-state index in [9.17, 15) is 110 Å². The van der Waals surface area contributed by atoms with E-state index in [1.807, 2.05) is 6.92 Å². The molecule has 538 valence electrons. The third kappa shape index (κ3) is 17.6. The van der Waals surface area contributed by atoms with Gasteiger partial charge in [0, 0.05) is 25.3 Å². The molecule has 8 fully saturated rings. The van der Waals surface area contributed by atoms with Gasteiger partial charge in [0.05, 0.1) is 75.5 Å². The molecule has 0 spiro atoms. The summed E-state index contributed by atoms with van der Waals surface area (Å²) in [6.45, 7) is -2.38. The number of rotatable bonds is 28. The lowest BCUT2D eigenvalue weighted by Crippen LogP contribution is -2.68. The number of thioether (sulfide) groups is 1. The highest BCUT2D eigenvalue weighted by molar-refractivity contribution is 8.00. The van der Waals surface area contributed by atoms with Crippen molar-refractivity contribution in [3.63, 3.8) is 0 Å². The summed E-state index contributed by atoms with van der Waals surface area (Å²) in [4.78, 5) is 50.7. The van der Waals surface area contributed by atoms with Crippen LogP contribution in [0.3, 0.4) is 0 Å². The summed E-state index contributed by atoms with van der Waals surface area (Å²) in [5.74, 6) is -0.933. The number of nitrogens with two attached hydrogens (primary N) is 2. The third-order valence-corrected chi connectivity index (χ3v) is 20.3. The van der Waals surface area contributed by atoms with Gasteiger partial charge in [-0.05, 0) is 18.6 Å². The highest BCUT2D eigenvalue weighted by atomic mass is 32.2. The van der Waals surface area contributed by atoms with E-state index < -0.39 is 250 Å². The van der Waals surface area contributed by atoms with Gasteiger partial charge in [-0.25, -0.2) is 9.13 Å². The Labute approximate surface area is 533 Å². The molecule has 40 nitrogen and oxygen atoms in total. The van der Waals surface area contributed by atoms with Crippen molar-refractivity contribution < 1.29 is 176 Å². The molecule has 34 unspecified atom stereocenters. The zero-order valence-electron chi connectivity index (χ0n) is 49.9. The zero-order valence-corrected chi connectivity index (χ0v) is 52.5. The maximum atomic E-state index is 13.1. The minimum Gasteiger partial charge on any atom is -0.394 e. The molecular formula is C50H86N4O36P2S. The topological polar surface area (TPSA) is 629 Å². The molecule has 7 saturated heterocycles. The molecule has 8 rings (SSSR count). The number of amidine groups is 1. The van der Waals surface area contributed by atoms with Crippen LogP contribution >= 0.6 is 27.4 Å². The minimum absolute atomic E-state index is 0.0960. The highest BCUT2D eigenvalue weighted by Gasteiger charge is 2.61. The Kier molecular flexibility index (Phi) is 27.3. The average molecular weight is 1410 g/mol. The lowest BCUT2D eigenvalue weighted by atomic mass is 9.79. The van der Waals surface area contributed by atoms with Crippen LogP contribution in [0.4, 0.5) is 0 Å². The van der Waals surface area contributed by atoms with Gasteiger partial charge in [-0.1, -0.05) is 13.8 Å². The van der Waals surface area contributed by atoms with E-state index in [0.717, 1.165) is 0 Å². The lowest BCUT2D eigenvalue weighted by Gasteiger charge is -2.49. The van der Waals surface area contributed by atoms with E-state index >= 15 is 0 Å². The van der Waals surface area contributed by atoms with E-state index in [1.165, 1.54) is 23.6 Å². The molecule has 34 atom stereocenters. The molecule has 0 aromatic heterocycles. The number of nitrogens with zero attached hydrogens (tertiary/aromatic N) is 2. The lowest BCUT2D eigenvalue weighted by molar-refractivity contribution is -0.396. The monoisotopic (exact) mass is 1410 g/mol. The van der Waals surface area contributed by atoms with Crippen LogP contribution in [0.25, 0.3) is 0 Å². The number of hydrogen-bond donors (Lipinski definition) is 20. The summed E-state index contributed by atoms with van der Waals surface area (Å²) in [6, 6.07) is -1.68. The molecule has 0 bridgehead atoms. The van der Waals surface area contributed by atoms with Crippen molar-refractivity contribution in [1.29, 1.82) is 0 Å². The Morgan fingerprint density at radius 1 is 0.624 bits per heavy atom. The summed E-state index contributed by atoms with van der Waals surface area (Å²) in [5, 5.41) is 174. The van der Waals surface area contributed by atoms with Gasteiger partial charge in [-0.3, -0.25) is 37.6 Å². The molecule has 1 aliphatic carbocycles. The number of phosphoric acid groups is 2. The van der Waals surface area contributed by atoms with Crippen LogP contribution in [0.2, 0.25) is 0 Å². The number of carbonyl (C=O) groups is 2. The van der Waals surface area contributed by atoms with E-state index in [0.29, 0.717) is 25.1 Å². The predicted octanol–water partition coefficient (Wildman–Crippen LogP) is -10.8. The Hall–Kier alpha value is -1.90. The first-order chi connectivity index (χ1) is 43.9. The Morgan fingerprint density at radius 3 is 1.75 bits per heavy atom. The predicted molar refractivity (Wildman–Crippen MR) is 300 cm³/mol. The molecule has 93 heavy (non-hydrogen) atoms. The smallest absolute Gasteiger partial charge is 0.394 e. The quantitative estimate of drug-likeness (QED) is 0.0114. The van der Waals surface area contributed by atoms with Crippen LogP contribution in [0.5, 0.6) is 0 Å². The first-order valence-corrected chi connectivity index (χ1v) is 33.9. The summed E-state index contributed by atoms with van der Waals surface area (Å²) in [6.07, 6.45) is -55.0. The zero-order chi connectivity index (χ0) is 68.3. The van der Waals surface area contributed by atoms with Gasteiger partial charge in [0.2, 0.25) is 11.8 Å². The van der Waals surface area contributed by atoms with Gasteiger partial charge in [0.15, 0.2) is 31.5 Å². The molecule has 2 amide bonds. The van der Waals surface area contributed by atoms with Gasteiger partial charge in [0.1, 0.15) is 134 Å². The molecule has 8 aliphatic rings. The minimum atomic E-state index is -5.11. The number of phosphoric ester groups is 2. The number of aliphatic hydroxyl groups excluding tert-OH is 16. The van der Waals surface area contributed by atoms with E-state index in [1.54, 1.807) is 0 Å². The van der Waals surface area contributed by atoms with Crippen molar-refractivity contribution in [3.05, 3.63) is 0 Å². The van der Waals surface area contributed by atoms with Crippen LogP contribution in [0.15, 0.2) is 4.99 Å². The molecule has 0 radical (unpaired) electrons. The molecule has 0 aromatic carbocycles. The number of aliphatic hydroxyl groups is 16.